The number of aromatic nitrogens is 2. The monoisotopic (exact) mass is 236 g/mol. The van der Waals surface area contributed by atoms with Crippen LogP contribution < -0.4 is 0 Å². The second-order valence-corrected chi connectivity index (χ2v) is 5.36. The third-order valence-corrected chi connectivity index (χ3v) is 3.36. The van der Waals surface area contributed by atoms with Crippen LogP contribution >= 0.6 is 0 Å². The van der Waals surface area contributed by atoms with Gasteiger partial charge in [-0.3, -0.25) is 0 Å². The molecule has 1 N–H and O–H groups in total. The minimum Gasteiger partial charge on any atom is -0.476 e. The van der Waals surface area contributed by atoms with Gasteiger partial charge in [0.1, 0.15) is 5.82 Å². The molecule has 94 valence electrons. The Kier molecular flexibility index (Phi) is 3.22. The van der Waals surface area contributed by atoms with Crippen molar-refractivity contribution in [2.45, 2.75) is 52.5 Å². The van der Waals surface area contributed by atoms with Crippen molar-refractivity contribution in [1.82, 2.24) is 9.55 Å². The number of hydrogen-bond acceptors (Lipinski definition) is 2. The van der Waals surface area contributed by atoms with Crippen LogP contribution in [0, 0.1) is 5.92 Å². The zero-order valence-corrected chi connectivity index (χ0v) is 10.7. The molecule has 0 saturated carbocycles. The zero-order chi connectivity index (χ0) is 12.6. The standard InChI is InChI=1S/C13H20N2O2/c1-8(2)7-10-14-11(13(16)17)12-9(3)5-4-6-15(10)12/h8-9H,4-7H2,1-3H3,(H,16,17). The van der Waals surface area contributed by atoms with Crippen molar-refractivity contribution in [2.75, 3.05) is 0 Å². The Balaban J connectivity index is 2.48. The number of carboxylic acids is 1. The first-order chi connectivity index (χ1) is 8.00. The molecule has 4 nitrogen and oxygen atoms in total. The summed E-state index contributed by atoms with van der Waals surface area (Å²) in [5.41, 5.74) is 1.20. The number of carboxylic acid groups (broad SMARTS) is 1. The van der Waals surface area contributed by atoms with Crippen LogP contribution in [-0.2, 0) is 13.0 Å². The van der Waals surface area contributed by atoms with Crippen LogP contribution in [0.4, 0.5) is 0 Å². The lowest BCUT2D eigenvalue weighted by Crippen LogP contribution is -2.18. The molecule has 2 heterocycles. The van der Waals surface area contributed by atoms with E-state index in [2.05, 4.69) is 30.3 Å². The van der Waals surface area contributed by atoms with Crippen LogP contribution in [0.3, 0.4) is 0 Å². The fourth-order valence-corrected chi connectivity index (χ4v) is 2.63. The molecule has 2 rings (SSSR count). The predicted molar refractivity (Wildman–Crippen MR) is 65.4 cm³/mol. The molecule has 0 fully saturated rings. The summed E-state index contributed by atoms with van der Waals surface area (Å²) in [5.74, 6) is 0.861. The number of fused-ring (bicyclic) bond motifs is 1. The number of aromatic carboxylic acids is 1. The third-order valence-electron chi connectivity index (χ3n) is 3.36. The number of imidazole rings is 1. The van der Waals surface area contributed by atoms with Gasteiger partial charge in [-0.1, -0.05) is 20.8 Å². The lowest BCUT2D eigenvalue weighted by Gasteiger charge is -2.23. The molecule has 0 amide bonds. The molecule has 1 atom stereocenters. The van der Waals surface area contributed by atoms with E-state index in [0.29, 0.717) is 11.8 Å². The van der Waals surface area contributed by atoms with Gasteiger partial charge in [-0.2, -0.15) is 0 Å². The van der Waals surface area contributed by atoms with Crippen molar-refractivity contribution in [1.29, 1.82) is 0 Å². The number of carbonyl (C=O) groups is 1. The van der Waals surface area contributed by atoms with Crippen LogP contribution in [0.1, 0.15) is 61.5 Å². The fraction of sp³-hybridized carbons (Fsp3) is 0.692. The minimum absolute atomic E-state index is 0.271. The summed E-state index contributed by atoms with van der Waals surface area (Å²) in [6, 6.07) is 0. The maximum absolute atomic E-state index is 11.2. The van der Waals surface area contributed by atoms with Gasteiger partial charge in [0.25, 0.3) is 0 Å². The van der Waals surface area contributed by atoms with Gasteiger partial charge < -0.3 is 9.67 Å². The first-order valence-corrected chi connectivity index (χ1v) is 6.33. The summed E-state index contributed by atoms with van der Waals surface area (Å²) < 4.78 is 2.14. The van der Waals surface area contributed by atoms with Crippen LogP contribution in [0.2, 0.25) is 0 Å². The normalized spacial score (nSPS) is 19.4. The van der Waals surface area contributed by atoms with E-state index in [1.54, 1.807) is 0 Å². The fourth-order valence-electron chi connectivity index (χ4n) is 2.63. The predicted octanol–water partition coefficient (Wildman–Crippen LogP) is 2.68. The molecule has 1 aromatic rings. The van der Waals surface area contributed by atoms with Gasteiger partial charge in [-0.25, -0.2) is 9.78 Å². The Morgan fingerprint density at radius 3 is 2.88 bits per heavy atom. The van der Waals surface area contributed by atoms with Gasteiger partial charge in [-0.05, 0) is 24.7 Å². The molecule has 0 radical (unpaired) electrons. The first kappa shape index (κ1) is 12.1. The molecule has 1 aliphatic heterocycles. The summed E-state index contributed by atoms with van der Waals surface area (Å²) in [6.07, 6.45) is 3.04. The number of rotatable bonds is 3. The Labute approximate surface area is 102 Å². The molecule has 1 unspecified atom stereocenters. The van der Waals surface area contributed by atoms with Crippen molar-refractivity contribution in [3.63, 3.8) is 0 Å². The highest BCUT2D eigenvalue weighted by Gasteiger charge is 2.28. The van der Waals surface area contributed by atoms with Crippen LogP contribution in [0.5, 0.6) is 0 Å². The Morgan fingerprint density at radius 1 is 1.59 bits per heavy atom. The van der Waals surface area contributed by atoms with Crippen LogP contribution in [0.15, 0.2) is 0 Å². The highest BCUT2D eigenvalue weighted by molar-refractivity contribution is 5.87. The van der Waals surface area contributed by atoms with Gasteiger partial charge in [0.15, 0.2) is 5.69 Å². The molecule has 0 aromatic carbocycles. The molecule has 4 heteroatoms. The molecule has 0 saturated heterocycles. The average Bonchev–Trinajstić information content (AvgIpc) is 2.58. The summed E-state index contributed by atoms with van der Waals surface area (Å²) >= 11 is 0. The molecular formula is C13H20N2O2. The summed E-state index contributed by atoms with van der Waals surface area (Å²) in [7, 11) is 0. The second-order valence-electron chi connectivity index (χ2n) is 5.36. The van der Waals surface area contributed by atoms with Gasteiger partial charge >= 0.3 is 5.97 Å². The Morgan fingerprint density at radius 2 is 2.29 bits per heavy atom. The van der Waals surface area contributed by atoms with Crippen molar-refractivity contribution in [2.24, 2.45) is 5.92 Å². The summed E-state index contributed by atoms with van der Waals surface area (Å²) in [4.78, 5) is 15.6. The van der Waals surface area contributed by atoms with E-state index in [9.17, 15) is 9.90 Å². The maximum atomic E-state index is 11.2. The Hall–Kier alpha value is -1.32. The van der Waals surface area contributed by atoms with Crippen LogP contribution in [-0.4, -0.2) is 20.6 Å². The van der Waals surface area contributed by atoms with Crippen molar-refractivity contribution < 1.29 is 9.90 Å². The quantitative estimate of drug-likeness (QED) is 0.877. The zero-order valence-electron chi connectivity index (χ0n) is 10.7. The van der Waals surface area contributed by atoms with Gasteiger partial charge in [0, 0.05) is 13.0 Å². The van der Waals surface area contributed by atoms with E-state index in [0.717, 1.165) is 37.3 Å². The molecule has 17 heavy (non-hydrogen) atoms. The van der Waals surface area contributed by atoms with Crippen molar-refractivity contribution in [3.05, 3.63) is 17.2 Å². The molecule has 1 aliphatic rings. The third kappa shape index (κ3) is 2.21. The topological polar surface area (TPSA) is 55.1 Å². The van der Waals surface area contributed by atoms with Crippen LogP contribution in [0.25, 0.3) is 0 Å². The number of nitrogens with zero attached hydrogens (tertiary/aromatic N) is 2. The second kappa shape index (κ2) is 4.51. The summed E-state index contributed by atoms with van der Waals surface area (Å²) in [6.45, 7) is 7.28. The highest BCUT2D eigenvalue weighted by Crippen LogP contribution is 2.31. The van der Waals surface area contributed by atoms with Crippen molar-refractivity contribution >= 4 is 5.97 Å². The largest absolute Gasteiger partial charge is 0.476 e. The number of hydrogen-bond donors (Lipinski definition) is 1. The maximum Gasteiger partial charge on any atom is 0.356 e. The van der Waals surface area contributed by atoms with Gasteiger partial charge in [-0.15, -0.1) is 0 Å². The summed E-state index contributed by atoms with van der Waals surface area (Å²) in [5, 5.41) is 9.23. The average molecular weight is 236 g/mol. The van der Waals surface area contributed by atoms with E-state index in [1.165, 1.54) is 0 Å². The van der Waals surface area contributed by atoms with Crippen molar-refractivity contribution in [3.8, 4) is 0 Å². The van der Waals surface area contributed by atoms with E-state index in [1.807, 2.05) is 0 Å². The lowest BCUT2D eigenvalue weighted by atomic mass is 9.96. The van der Waals surface area contributed by atoms with Gasteiger partial charge in [0.05, 0.1) is 5.69 Å². The molecule has 0 spiro atoms. The molecule has 0 bridgehead atoms. The van der Waals surface area contributed by atoms with E-state index >= 15 is 0 Å². The lowest BCUT2D eigenvalue weighted by molar-refractivity contribution is 0.0688. The molecular weight excluding hydrogens is 216 g/mol. The van der Waals surface area contributed by atoms with E-state index in [-0.39, 0.29) is 5.69 Å². The highest BCUT2D eigenvalue weighted by atomic mass is 16.4. The first-order valence-electron chi connectivity index (χ1n) is 6.33. The molecule has 0 aliphatic carbocycles. The van der Waals surface area contributed by atoms with E-state index in [4.69, 9.17) is 0 Å². The smallest absolute Gasteiger partial charge is 0.356 e. The SMILES string of the molecule is CC(C)Cc1nc(C(=O)O)c2n1CCCC2C. The van der Waals surface area contributed by atoms with E-state index < -0.39 is 5.97 Å². The minimum atomic E-state index is -0.891. The van der Waals surface area contributed by atoms with Gasteiger partial charge in [0.2, 0.25) is 0 Å². The Bertz CT molecular complexity index is 435. The molecule has 1 aromatic heterocycles.